The number of carboxylic acids is 1. The van der Waals surface area contributed by atoms with Crippen LogP contribution >= 0.6 is 0 Å². The molecule has 2 nitrogen and oxygen atoms in total. The van der Waals surface area contributed by atoms with Crippen molar-refractivity contribution in [1.29, 1.82) is 0 Å². The monoisotopic (exact) mass is 180 g/mol. The van der Waals surface area contributed by atoms with E-state index in [9.17, 15) is 4.79 Å². The second-order valence-electron chi connectivity index (χ2n) is 5.16. The molecule has 5 atom stereocenters. The SMILES string of the molecule is O=C(O)CC1CC2CCC1C1CC21. The third kappa shape index (κ3) is 1.11. The van der Waals surface area contributed by atoms with Crippen molar-refractivity contribution in [3.63, 3.8) is 0 Å². The minimum absolute atomic E-state index is 0.435. The van der Waals surface area contributed by atoms with Crippen LogP contribution in [0.5, 0.6) is 0 Å². The molecule has 0 aliphatic heterocycles. The highest BCUT2D eigenvalue weighted by atomic mass is 16.4. The second kappa shape index (κ2) is 2.49. The standard InChI is InChI=1S/C11H16O2/c12-11(13)4-7-3-6-1-2-8(7)10-5-9(6)10/h6-10H,1-5H2,(H,12,13). The molecule has 2 bridgehead atoms. The fourth-order valence-corrected chi connectivity index (χ4v) is 4.01. The van der Waals surface area contributed by atoms with E-state index in [1.807, 2.05) is 0 Å². The minimum atomic E-state index is -0.588. The van der Waals surface area contributed by atoms with Gasteiger partial charge in [0.2, 0.25) is 0 Å². The number of carbonyl (C=O) groups is 1. The molecular formula is C11H16O2. The van der Waals surface area contributed by atoms with Gasteiger partial charge in [-0.3, -0.25) is 4.79 Å². The molecule has 13 heavy (non-hydrogen) atoms. The lowest BCUT2D eigenvalue weighted by molar-refractivity contribution is -0.139. The lowest BCUT2D eigenvalue weighted by atomic mass is 9.64. The highest BCUT2D eigenvalue weighted by molar-refractivity contribution is 5.67. The summed E-state index contributed by atoms with van der Waals surface area (Å²) < 4.78 is 0. The van der Waals surface area contributed by atoms with Gasteiger partial charge < -0.3 is 5.11 Å². The van der Waals surface area contributed by atoms with E-state index in [2.05, 4.69) is 0 Å². The van der Waals surface area contributed by atoms with Crippen LogP contribution < -0.4 is 0 Å². The first kappa shape index (κ1) is 7.84. The Hall–Kier alpha value is -0.530. The van der Waals surface area contributed by atoms with Crippen LogP contribution in [0.25, 0.3) is 0 Å². The van der Waals surface area contributed by atoms with Crippen molar-refractivity contribution in [3.8, 4) is 0 Å². The molecule has 4 fully saturated rings. The number of hydrogen-bond donors (Lipinski definition) is 1. The Morgan fingerprint density at radius 2 is 2.00 bits per heavy atom. The zero-order chi connectivity index (χ0) is 9.00. The quantitative estimate of drug-likeness (QED) is 0.707. The van der Waals surface area contributed by atoms with Crippen LogP contribution in [-0.2, 0) is 4.79 Å². The third-order valence-electron chi connectivity index (χ3n) is 4.57. The van der Waals surface area contributed by atoms with Crippen LogP contribution in [0.1, 0.15) is 32.1 Å². The summed E-state index contributed by atoms with van der Waals surface area (Å²) in [6.07, 6.45) is 5.79. The molecule has 0 aromatic carbocycles. The Bertz CT molecular complexity index is 248. The van der Waals surface area contributed by atoms with Gasteiger partial charge in [-0.1, -0.05) is 0 Å². The predicted octanol–water partition coefficient (Wildman–Crippen LogP) is 2.14. The number of fused-ring (bicyclic) bond motifs is 2. The van der Waals surface area contributed by atoms with Crippen molar-refractivity contribution in [3.05, 3.63) is 0 Å². The molecule has 0 aromatic rings. The molecule has 72 valence electrons. The second-order valence-corrected chi connectivity index (χ2v) is 5.16. The molecule has 0 spiro atoms. The van der Waals surface area contributed by atoms with E-state index in [1.54, 1.807) is 0 Å². The maximum absolute atomic E-state index is 10.7. The summed E-state index contributed by atoms with van der Waals surface area (Å²) in [5, 5.41) is 8.79. The first-order chi connectivity index (χ1) is 6.25. The minimum Gasteiger partial charge on any atom is -0.481 e. The predicted molar refractivity (Wildman–Crippen MR) is 48.2 cm³/mol. The van der Waals surface area contributed by atoms with Crippen molar-refractivity contribution in [1.82, 2.24) is 0 Å². The maximum Gasteiger partial charge on any atom is 0.303 e. The van der Waals surface area contributed by atoms with Crippen molar-refractivity contribution in [2.75, 3.05) is 0 Å². The fourth-order valence-electron chi connectivity index (χ4n) is 4.01. The number of rotatable bonds is 2. The van der Waals surface area contributed by atoms with Crippen molar-refractivity contribution < 1.29 is 9.90 Å². The number of carboxylic acid groups (broad SMARTS) is 1. The highest BCUT2D eigenvalue weighted by Crippen LogP contribution is 2.64. The third-order valence-corrected chi connectivity index (χ3v) is 4.57. The molecule has 1 N–H and O–H groups in total. The van der Waals surface area contributed by atoms with Gasteiger partial charge in [-0.2, -0.15) is 0 Å². The smallest absolute Gasteiger partial charge is 0.303 e. The molecule has 4 aliphatic rings. The molecule has 0 heterocycles. The Morgan fingerprint density at radius 1 is 1.15 bits per heavy atom. The molecule has 5 unspecified atom stereocenters. The topological polar surface area (TPSA) is 37.3 Å². The largest absolute Gasteiger partial charge is 0.481 e. The van der Waals surface area contributed by atoms with Crippen molar-refractivity contribution in [2.24, 2.45) is 29.6 Å². The first-order valence-corrected chi connectivity index (χ1v) is 5.47. The van der Waals surface area contributed by atoms with Gasteiger partial charge in [0, 0.05) is 6.42 Å². The van der Waals surface area contributed by atoms with Gasteiger partial charge in [0.05, 0.1) is 0 Å². The fraction of sp³-hybridized carbons (Fsp3) is 0.909. The molecule has 0 radical (unpaired) electrons. The summed E-state index contributed by atoms with van der Waals surface area (Å²) in [6, 6.07) is 0. The van der Waals surface area contributed by atoms with E-state index in [-0.39, 0.29) is 0 Å². The molecule has 4 aliphatic carbocycles. The van der Waals surface area contributed by atoms with Gasteiger partial charge in [0.25, 0.3) is 0 Å². The first-order valence-electron chi connectivity index (χ1n) is 5.47. The molecule has 0 saturated heterocycles. The maximum atomic E-state index is 10.7. The van der Waals surface area contributed by atoms with Crippen LogP contribution in [0.4, 0.5) is 0 Å². The molecule has 2 heteroatoms. The Kier molecular flexibility index (Phi) is 1.50. The molecule has 4 saturated carbocycles. The molecular weight excluding hydrogens is 164 g/mol. The molecule has 0 amide bonds. The van der Waals surface area contributed by atoms with Crippen LogP contribution in [-0.4, -0.2) is 11.1 Å². The average Bonchev–Trinajstić information content (AvgIpc) is 2.83. The average molecular weight is 180 g/mol. The van der Waals surface area contributed by atoms with Crippen molar-refractivity contribution in [2.45, 2.75) is 32.1 Å². The zero-order valence-corrected chi connectivity index (χ0v) is 7.78. The molecule has 4 rings (SSSR count). The van der Waals surface area contributed by atoms with E-state index in [1.165, 1.54) is 25.7 Å². The lowest BCUT2D eigenvalue weighted by Crippen LogP contribution is -2.34. The van der Waals surface area contributed by atoms with Crippen LogP contribution in [0.3, 0.4) is 0 Å². The van der Waals surface area contributed by atoms with E-state index in [4.69, 9.17) is 5.11 Å². The van der Waals surface area contributed by atoms with E-state index < -0.39 is 5.97 Å². The zero-order valence-electron chi connectivity index (χ0n) is 7.78. The summed E-state index contributed by atoms with van der Waals surface area (Å²) in [5.41, 5.74) is 0. The van der Waals surface area contributed by atoms with Gasteiger partial charge in [-0.05, 0) is 55.3 Å². The van der Waals surface area contributed by atoms with E-state index >= 15 is 0 Å². The van der Waals surface area contributed by atoms with Crippen LogP contribution in [0.15, 0.2) is 0 Å². The summed E-state index contributed by atoms with van der Waals surface area (Å²) in [6.45, 7) is 0. The Balaban J connectivity index is 1.74. The van der Waals surface area contributed by atoms with Gasteiger partial charge in [-0.15, -0.1) is 0 Å². The lowest BCUT2D eigenvalue weighted by Gasteiger charge is -2.41. The van der Waals surface area contributed by atoms with Gasteiger partial charge in [0.1, 0.15) is 0 Å². The Morgan fingerprint density at radius 3 is 2.69 bits per heavy atom. The number of aliphatic carboxylic acids is 1. The number of hydrogen-bond acceptors (Lipinski definition) is 1. The molecule has 0 aromatic heterocycles. The van der Waals surface area contributed by atoms with E-state index in [0.717, 1.165) is 23.7 Å². The van der Waals surface area contributed by atoms with Crippen LogP contribution in [0, 0.1) is 29.6 Å². The summed E-state index contributed by atoms with van der Waals surface area (Å²) >= 11 is 0. The normalized spacial score (nSPS) is 51.5. The van der Waals surface area contributed by atoms with Gasteiger partial charge in [-0.25, -0.2) is 0 Å². The van der Waals surface area contributed by atoms with Crippen molar-refractivity contribution >= 4 is 5.97 Å². The summed E-state index contributed by atoms with van der Waals surface area (Å²) in [4.78, 5) is 10.7. The Labute approximate surface area is 78.3 Å². The van der Waals surface area contributed by atoms with Gasteiger partial charge >= 0.3 is 5.97 Å². The summed E-state index contributed by atoms with van der Waals surface area (Å²) in [5.74, 6) is 3.58. The highest BCUT2D eigenvalue weighted by Gasteiger charge is 2.56. The van der Waals surface area contributed by atoms with E-state index in [0.29, 0.717) is 12.3 Å². The van der Waals surface area contributed by atoms with Gasteiger partial charge in [0.15, 0.2) is 0 Å². The summed E-state index contributed by atoms with van der Waals surface area (Å²) in [7, 11) is 0. The van der Waals surface area contributed by atoms with Crippen LogP contribution in [0.2, 0.25) is 0 Å².